The molecule has 7 heteroatoms. The van der Waals surface area contributed by atoms with E-state index in [1.165, 1.54) is 24.3 Å². The van der Waals surface area contributed by atoms with Crippen molar-refractivity contribution in [2.24, 2.45) is 0 Å². The zero-order valence-electron chi connectivity index (χ0n) is 11.3. The molecule has 0 aromatic heterocycles. The molecule has 0 saturated heterocycles. The monoisotopic (exact) mass is 410 g/mol. The molecule has 0 atom stereocenters. The SMILES string of the molecule is Cc1cc(F)ccc1[O][Zr+2][O]c1ccc(F)cc1C.[Cl-].[Cl-]. The Bertz CT molecular complexity index is 546. The molecule has 0 radical (unpaired) electrons. The van der Waals surface area contributed by atoms with Gasteiger partial charge in [0, 0.05) is 0 Å². The van der Waals surface area contributed by atoms with Gasteiger partial charge in [0.25, 0.3) is 0 Å². The second-order valence-corrected chi connectivity index (χ2v) is 5.52. The molecule has 21 heavy (non-hydrogen) atoms. The number of hydrogen-bond acceptors (Lipinski definition) is 2. The fourth-order valence-corrected chi connectivity index (χ4v) is 3.23. The van der Waals surface area contributed by atoms with Gasteiger partial charge in [-0.05, 0) is 0 Å². The summed E-state index contributed by atoms with van der Waals surface area (Å²) in [7, 11) is 0. The van der Waals surface area contributed by atoms with Gasteiger partial charge in [0.2, 0.25) is 0 Å². The molecule has 2 aromatic rings. The number of halogens is 4. The van der Waals surface area contributed by atoms with E-state index in [1.54, 1.807) is 26.0 Å². The van der Waals surface area contributed by atoms with Crippen molar-refractivity contribution in [2.75, 3.05) is 0 Å². The maximum atomic E-state index is 12.9. The van der Waals surface area contributed by atoms with E-state index in [0.29, 0.717) is 11.5 Å². The van der Waals surface area contributed by atoms with Crippen LogP contribution in [-0.2, 0) is 24.1 Å². The predicted molar refractivity (Wildman–Crippen MR) is 63.5 cm³/mol. The predicted octanol–water partition coefficient (Wildman–Crippen LogP) is -2.04. The third-order valence-corrected chi connectivity index (χ3v) is 4.07. The molecule has 0 aliphatic carbocycles. The van der Waals surface area contributed by atoms with Crippen LogP contribution in [-0.4, -0.2) is 0 Å². The molecule has 0 N–H and O–H groups in total. The smallest absolute Gasteiger partial charge is 1.00 e. The second-order valence-electron chi connectivity index (χ2n) is 4.11. The first-order valence-electron chi connectivity index (χ1n) is 5.67. The molecule has 0 heterocycles. The molecular weight excluding hydrogens is 400 g/mol. The summed E-state index contributed by atoms with van der Waals surface area (Å²) in [4.78, 5) is 0. The van der Waals surface area contributed by atoms with Crippen molar-refractivity contribution in [3.63, 3.8) is 0 Å². The molecule has 0 fully saturated rings. The number of rotatable bonds is 4. The van der Waals surface area contributed by atoms with Gasteiger partial charge in [-0.25, -0.2) is 0 Å². The van der Waals surface area contributed by atoms with Crippen LogP contribution in [0.3, 0.4) is 0 Å². The summed E-state index contributed by atoms with van der Waals surface area (Å²) >= 11 is -1.58. The molecule has 2 aromatic carbocycles. The Kier molecular flexibility index (Phi) is 9.11. The first-order chi connectivity index (χ1) is 9.06. The first kappa shape index (κ1) is 20.4. The molecular formula is C14H12Cl2F2O2Zr. The molecule has 112 valence electrons. The van der Waals surface area contributed by atoms with Gasteiger partial charge in [-0.15, -0.1) is 0 Å². The summed E-state index contributed by atoms with van der Waals surface area (Å²) in [6, 6.07) is 8.71. The largest absolute Gasteiger partial charge is 1.00 e. The molecule has 0 unspecified atom stereocenters. The van der Waals surface area contributed by atoms with Gasteiger partial charge in [0.1, 0.15) is 0 Å². The van der Waals surface area contributed by atoms with E-state index in [9.17, 15) is 8.78 Å². The van der Waals surface area contributed by atoms with E-state index in [-0.39, 0.29) is 36.4 Å². The van der Waals surface area contributed by atoms with Crippen molar-refractivity contribution in [3.8, 4) is 11.5 Å². The van der Waals surface area contributed by atoms with Crippen LogP contribution in [0.4, 0.5) is 8.78 Å². The Morgan fingerprint density at radius 2 is 1.14 bits per heavy atom. The number of aryl methyl sites for hydroxylation is 2. The van der Waals surface area contributed by atoms with Crippen LogP contribution in [0.25, 0.3) is 0 Å². The molecule has 0 aliphatic heterocycles. The van der Waals surface area contributed by atoms with Crippen molar-refractivity contribution in [1.82, 2.24) is 0 Å². The van der Waals surface area contributed by atoms with Crippen LogP contribution in [0.15, 0.2) is 36.4 Å². The summed E-state index contributed by atoms with van der Waals surface area (Å²) in [5, 5.41) is 0. The van der Waals surface area contributed by atoms with E-state index < -0.39 is 24.1 Å². The average molecular weight is 412 g/mol. The van der Waals surface area contributed by atoms with Gasteiger partial charge in [-0.3, -0.25) is 0 Å². The van der Waals surface area contributed by atoms with Gasteiger partial charge < -0.3 is 24.8 Å². The fraction of sp³-hybridized carbons (Fsp3) is 0.143. The maximum Gasteiger partial charge on any atom is -1.00 e. The Balaban J connectivity index is 0.00000200. The van der Waals surface area contributed by atoms with Gasteiger partial charge in [0.15, 0.2) is 0 Å². The minimum Gasteiger partial charge on any atom is -1.00 e. The fourth-order valence-electron chi connectivity index (χ4n) is 1.57. The van der Waals surface area contributed by atoms with E-state index >= 15 is 0 Å². The Morgan fingerprint density at radius 3 is 1.48 bits per heavy atom. The Hall–Kier alpha value is -0.637. The molecule has 0 aliphatic rings. The van der Waals surface area contributed by atoms with Crippen molar-refractivity contribution in [2.45, 2.75) is 13.8 Å². The quantitative estimate of drug-likeness (QED) is 0.577. The Morgan fingerprint density at radius 1 is 0.762 bits per heavy atom. The van der Waals surface area contributed by atoms with Gasteiger partial charge in [-0.1, -0.05) is 0 Å². The average Bonchev–Trinajstić information content (AvgIpc) is 2.34. The van der Waals surface area contributed by atoms with Crippen molar-refractivity contribution in [3.05, 3.63) is 59.2 Å². The number of benzene rings is 2. The molecule has 2 nitrogen and oxygen atoms in total. The van der Waals surface area contributed by atoms with E-state index in [1.807, 2.05) is 0 Å². The zero-order chi connectivity index (χ0) is 13.8. The van der Waals surface area contributed by atoms with Gasteiger partial charge in [-0.2, -0.15) is 0 Å². The summed E-state index contributed by atoms with van der Waals surface area (Å²) in [5.74, 6) is 0.691. The summed E-state index contributed by atoms with van der Waals surface area (Å²) in [6.07, 6.45) is 0. The first-order valence-corrected chi connectivity index (χ1v) is 7.68. The minimum absolute atomic E-state index is 0. The van der Waals surface area contributed by atoms with Crippen LogP contribution in [0.2, 0.25) is 0 Å². The maximum absolute atomic E-state index is 12.9. The summed E-state index contributed by atoms with van der Waals surface area (Å²) in [5.41, 5.74) is 1.47. The van der Waals surface area contributed by atoms with Crippen LogP contribution < -0.4 is 30.4 Å². The topological polar surface area (TPSA) is 18.5 Å². The van der Waals surface area contributed by atoms with Crippen LogP contribution in [0.5, 0.6) is 11.5 Å². The number of hydrogen-bond donors (Lipinski definition) is 0. The van der Waals surface area contributed by atoms with E-state index in [0.717, 1.165) is 11.1 Å². The molecule has 0 saturated carbocycles. The molecule has 0 bridgehead atoms. The van der Waals surface area contributed by atoms with Gasteiger partial charge >= 0.3 is 123 Å². The van der Waals surface area contributed by atoms with Crippen LogP contribution in [0.1, 0.15) is 11.1 Å². The minimum atomic E-state index is -1.58. The van der Waals surface area contributed by atoms with E-state index in [4.69, 9.17) is 5.63 Å². The second kappa shape index (κ2) is 9.39. The van der Waals surface area contributed by atoms with Crippen LogP contribution in [0, 0.1) is 25.5 Å². The van der Waals surface area contributed by atoms with Crippen molar-refractivity contribution in [1.29, 1.82) is 0 Å². The molecule has 0 amide bonds. The van der Waals surface area contributed by atoms with Crippen LogP contribution >= 0.6 is 0 Å². The van der Waals surface area contributed by atoms with Crippen molar-refractivity contribution < 1.29 is 63.3 Å². The standard InChI is InChI=1S/2C7H7FO.2ClH.Zr/c2*1-5-4-6(8)2-3-7(5)9;;;/h2*2-4,9H,1H3;2*1H;/q;;;;+4/p-4. The third-order valence-electron chi connectivity index (χ3n) is 2.58. The summed E-state index contributed by atoms with van der Waals surface area (Å²) in [6.45, 7) is 3.56. The van der Waals surface area contributed by atoms with E-state index in [2.05, 4.69) is 0 Å². The molecule has 0 spiro atoms. The van der Waals surface area contributed by atoms with Crippen molar-refractivity contribution >= 4 is 0 Å². The zero-order valence-corrected chi connectivity index (χ0v) is 15.3. The van der Waals surface area contributed by atoms with Gasteiger partial charge in [0.05, 0.1) is 0 Å². The third kappa shape index (κ3) is 5.93. The Labute approximate surface area is 147 Å². The normalized spacial score (nSPS) is 8.95. The summed E-state index contributed by atoms with van der Waals surface area (Å²) < 4.78 is 37.0. The molecule has 2 rings (SSSR count).